The highest BCUT2D eigenvalue weighted by Gasteiger charge is 2.09. The fraction of sp³-hybridized carbons (Fsp3) is 0. The molecule has 0 heterocycles. The number of primary amides is 1. The summed E-state index contributed by atoms with van der Waals surface area (Å²) in [5, 5.41) is 0. The molecular formula is C13H9F2NO. The van der Waals surface area contributed by atoms with E-state index in [1.54, 1.807) is 6.07 Å². The molecule has 0 aromatic heterocycles. The third-order valence-electron chi connectivity index (χ3n) is 2.41. The standard InChI is InChI=1S/C13H9F2NO/c14-10-4-1-8(2-5-10)9-3-6-11(13(16)17)12(15)7-9/h1-7H,(H2,16,17). The second-order valence-corrected chi connectivity index (χ2v) is 3.57. The largest absolute Gasteiger partial charge is 0.366 e. The summed E-state index contributed by atoms with van der Waals surface area (Å²) < 4.78 is 26.2. The first-order valence-electron chi connectivity index (χ1n) is 4.93. The Morgan fingerprint density at radius 2 is 1.53 bits per heavy atom. The number of nitrogens with two attached hydrogens (primary N) is 1. The molecule has 0 bridgehead atoms. The fourth-order valence-electron chi connectivity index (χ4n) is 1.54. The Morgan fingerprint density at radius 3 is 2.06 bits per heavy atom. The predicted octanol–water partition coefficient (Wildman–Crippen LogP) is 2.73. The Bertz CT molecular complexity index is 564. The van der Waals surface area contributed by atoms with Crippen LogP contribution in [-0.4, -0.2) is 5.91 Å². The van der Waals surface area contributed by atoms with Crippen molar-refractivity contribution in [2.45, 2.75) is 0 Å². The van der Waals surface area contributed by atoms with E-state index in [2.05, 4.69) is 0 Å². The maximum Gasteiger partial charge on any atom is 0.251 e. The molecule has 0 radical (unpaired) electrons. The van der Waals surface area contributed by atoms with Crippen LogP contribution in [0.25, 0.3) is 11.1 Å². The summed E-state index contributed by atoms with van der Waals surface area (Å²) in [4.78, 5) is 10.8. The van der Waals surface area contributed by atoms with Gasteiger partial charge in [-0.25, -0.2) is 8.78 Å². The van der Waals surface area contributed by atoms with Gasteiger partial charge in [-0.2, -0.15) is 0 Å². The summed E-state index contributed by atoms with van der Waals surface area (Å²) >= 11 is 0. The number of amides is 1. The Morgan fingerprint density at radius 1 is 0.941 bits per heavy atom. The molecule has 4 heteroatoms. The van der Waals surface area contributed by atoms with E-state index < -0.39 is 11.7 Å². The fourth-order valence-corrected chi connectivity index (χ4v) is 1.54. The van der Waals surface area contributed by atoms with Crippen LogP contribution in [0.2, 0.25) is 0 Å². The van der Waals surface area contributed by atoms with Gasteiger partial charge in [-0.15, -0.1) is 0 Å². The van der Waals surface area contributed by atoms with Gasteiger partial charge in [0, 0.05) is 0 Å². The van der Waals surface area contributed by atoms with Crippen LogP contribution in [0.5, 0.6) is 0 Å². The van der Waals surface area contributed by atoms with Crippen LogP contribution in [0, 0.1) is 11.6 Å². The lowest BCUT2D eigenvalue weighted by Crippen LogP contribution is -2.12. The van der Waals surface area contributed by atoms with Crippen molar-refractivity contribution < 1.29 is 13.6 Å². The van der Waals surface area contributed by atoms with Crippen molar-refractivity contribution in [1.82, 2.24) is 0 Å². The van der Waals surface area contributed by atoms with Gasteiger partial charge in [0.1, 0.15) is 11.6 Å². The molecule has 2 aromatic rings. The van der Waals surface area contributed by atoms with Gasteiger partial charge in [0.15, 0.2) is 0 Å². The Labute approximate surface area is 96.7 Å². The SMILES string of the molecule is NC(=O)c1ccc(-c2ccc(F)cc2)cc1F. The summed E-state index contributed by atoms with van der Waals surface area (Å²) in [6, 6.07) is 9.73. The van der Waals surface area contributed by atoms with Crippen LogP contribution >= 0.6 is 0 Å². The average molecular weight is 233 g/mol. The third-order valence-corrected chi connectivity index (χ3v) is 2.41. The van der Waals surface area contributed by atoms with Crippen LogP contribution in [0.1, 0.15) is 10.4 Å². The smallest absolute Gasteiger partial charge is 0.251 e. The third kappa shape index (κ3) is 2.30. The number of hydrogen-bond acceptors (Lipinski definition) is 1. The first-order chi connectivity index (χ1) is 8.08. The maximum absolute atomic E-state index is 13.5. The Kier molecular flexibility index (Phi) is 2.87. The molecule has 2 N–H and O–H groups in total. The number of benzene rings is 2. The molecule has 17 heavy (non-hydrogen) atoms. The van der Waals surface area contributed by atoms with E-state index in [0.717, 1.165) is 0 Å². The van der Waals surface area contributed by atoms with Crippen molar-refractivity contribution in [3.05, 3.63) is 59.7 Å². The van der Waals surface area contributed by atoms with Gasteiger partial charge in [-0.1, -0.05) is 18.2 Å². The zero-order valence-corrected chi connectivity index (χ0v) is 8.78. The van der Waals surface area contributed by atoms with Crippen molar-refractivity contribution >= 4 is 5.91 Å². The molecular weight excluding hydrogens is 224 g/mol. The number of rotatable bonds is 2. The van der Waals surface area contributed by atoms with Gasteiger partial charge < -0.3 is 5.73 Å². The Hall–Kier alpha value is -2.23. The van der Waals surface area contributed by atoms with Crippen molar-refractivity contribution in [1.29, 1.82) is 0 Å². The second kappa shape index (κ2) is 4.33. The highest BCUT2D eigenvalue weighted by molar-refractivity contribution is 5.93. The molecule has 0 aliphatic rings. The van der Waals surface area contributed by atoms with E-state index >= 15 is 0 Å². The highest BCUT2D eigenvalue weighted by Crippen LogP contribution is 2.22. The minimum atomic E-state index is -0.812. The number of carbonyl (C=O) groups excluding carboxylic acids is 1. The van der Waals surface area contributed by atoms with Crippen LogP contribution in [0.4, 0.5) is 8.78 Å². The average Bonchev–Trinajstić information content (AvgIpc) is 2.29. The number of hydrogen-bond donors (Lipinski definition) is 1. The molecule has 0 unspecified atom stereocenters. The molecule has 2 nitrogen and oxygen atoms in total. The van der Waals surface area contributed by atoms with Gasteiger partial charge in [-0.05, 0) is 35.4 Å². The van der Waals surface area contributed by atoms with Crippen molar-refractivity contribution in [3.63, 3.8) is 0 Å². The lowest BCUT2D eigenvalue weighted by molar-refractivity contribution is 0.0996. The highest BCUT2D eigenvalue weighted by atomic mass is 19.1. The molecule has 0 saturated carbocycles. The van der Waals surface area contributed by atoms with Gasteiger partial charge in [-0.3, -0.25) is 4.79 Å². The van der Waals surface area contributed by atoms with E-state index in [4.69, 9.17) is 5.73 Å². The van der Waals surface area contributed by atoms with E-state index in [1.807, 2.05) is 0 Å². The van der Waals surface area contributed by atoms with E-state index in [-0.39, 0.29) is 11.4 Å². The predicted molar refractivity (Wildman–Crippen MR) is 60.3 cm³/mol. The summed E-state index contributed by atoms with van der Waals surface area (Å²) in [7, 11) is 0. The molecule has 0 fully saturated rings. The quantitative estimate of drug-likeness (QED) is 0.851. The van der Waals surface area contributed by atoms with Crippen LogP contribution in [0.3, 0.4) is 0 Å². The first-order valence-corrected chi connectivity index (χ1v) is 4.93. The molecule has 2 rings (SSSR count). The topological polar surface area (TPSA) is 43.1 Å². The van der Waals surface area contributed by atoms with Gasteiger partial charge in [0.25, 0.3) is 5.91 Å². The van der Waals surface area contributed by atoms with Gasteiger partial charge >= 0.3 is 0 Å². The van der Waals surface area contributed by atoms with Crippen LogP contribution in [-0.2, 0) is 0 Å². The van der Waals surface area contributed by atoms with Gasteiger partial charge in [0.05, 0.1) is 5.56 Å². The summed E-state index contributed by atoms with van der Waals surface area (Å²) in [6.45, 7) is 0. The summed E-state index contributed by atoms with van der Waals surface area (Å²) in [5.74, 6) is -1.85. The van der Waals surface area contributed by atoms with E-state index in [1.165, 1.54) is 36.4 Å². The van der Waals surface area contributed by atoms with Gasteiger partial charge in [0.2, 0.25) is 0 Å². The second-order valence-electron chi connectivity index (χ2n) is 3.57. The van der Waals surface area contributed by atoms with E-state index in [0.29, 0.717) is 11.1 Å². The van der Waals surface area contributed by atoms with Crippen molar-refractivity contribution in [2.24, 2.45) is 5.73 Å². The molecule has 2 aromatic carbocycles. The minimum Gasteiger partial charge on any atom is -0.366 e. The summed E-state index contributed by atoms with van der Waals surface area (Å²) in [6.07, 6.45) is 0. The molecule has 1 amide bonds. The molecule has 0 saturated heterocycles. The molecule has 0 atom stereocenters. The van der Waals surface area contributed by atoms with Crippen molar-refractivity contribution in [3.8, 4) is 11.1 Å². The van der Waals surface area contributed by atoms with E-state index in [9.17, 15) is 13.6 Å². The molecule has 0 spiro atoms. The van der Waals surface area contributed by atoms with Crippen molar-refractivity contribution in [2.75, 3.05) is 0 Å². The summed E-state index contributed by atoms with van der Waals surface area (Å²) in [5.41, 5.74) is 6.07. The minimum absolute atomic E-state index is 0.157. The monoisotopic (exact) mass is 233 g/mol. The lowest BCUT2D eigenvalue weighted by Gasteiger charge is -2.04. The van der Waals surface area contributed by atoms with Crippen LogP contribution < -0.4 is 5.73 Å². The first kappa shape index (κ1) is 11.3. The Balaban J connectivity index is 2.44. The van der Waals surface area contributed by atoms with Crippen LogP contribution in [0.15, 0.2) is 42.5 Å². The molecule has 86 valence electrons. The maximum atomic E-state index is 13.5. The molecule has 0 aliphatic heterocycles. The lowest BCUT2D eigenvalue weighted by atomic mass is 10.0. The number of carbonyl (C=O) groups is 1. The zero-order valence-electron chi connectivity index (χ0n) is 8.78. The molecule has 0 aliphatic carbocycles. The normalized spacial score (nSPS) is 10.2. The number of halogens is 2. The zero-order chi connectivity index (χ0) is 12.4.